The molecule has 0 radical (unpaired) electrons. The fourth-order valence-electron chi connectivity index (χ4n) is 2.77. The minimum absolute atomic E-state index is 0.109. The number of nitrogens with zero attached hydrogens (tertiary/aromatic N) is 2. The molecule has 0 fully saturated rings. The van der Waals surface area contributed by atoms with E-state index in [0.29, 0.717) is 5.69 Å². The van der Waals surface area contributed by atoms with Crippen molar-refractivity contribution in [2.24, 2.45) is 0 Å². The van der Waals surface area contributed by atoms with Crippen molar-refractivity contribution in [2.45, 2.75) is 26.3 Å². The number of hydrogen-bond donors (Lipinski definition) is 2. The summed E-state index contributed by atoms with van der Waals surface area (Å²) in [5.41, 5.74) is 0.00339. The Bertz CT molecular complexity index is 1090. The Hall–Kier alpha value is -2.80. The molecule has 0 saturated heterocycles. The zero-order chi connectivity index (χ0) is 20.5. The number of hydrogen-bond acceptors (Lipinski definition) is 4. The summed E-state index contributed by atoms with van der Waals surface area (Å²) in [6, 6.07) is 13.2. The summed E-state index contributed by atoms with van der Waals surface area (Å²) in [5, 5.41) is 10.9. The topological polar surface area (TPSA) is 70.8 Å². The first-order valence-corrected chi connectivity index (χ1v) is 9.47. The van der Waals surface area contributed by atoms with Crippen molar-refractivity contribution in [3.05, 3.63) is 74.7 Å². The number of rotatable bonds is 4. The second-order valence-corrected chi connectivity index (χ2v) is 8.23. The summed E-state index contributed by atoms with van der Waals surface area (Å²) < 4.78 is 16.8. The fraction of sp³-hybridized carbons (Fsp3) is 0.190. The van der Waals surface area contributed by atoms with Crippen LogP contribution < -0.4 is 10.9 Å². The monoisotopic (exact) mass is 442 g/mol. The SMILES string of the molecule is CC(C)(C)Nc1nc(-c2ccccc2F)n(-c2ccc(Br)cc2)c(=O)c1C=N. The standard InChI is InChI=1S/C21H20BrFN4O/c1-21(2,3)26-18-16(12-24)20(28)27(14-10-8-13(22)9-11-14)19(25-18)15-6-4-5-7-17(15)23/h4-12,24,26H,1-3H3. The number of benzene rings is 2. The van der Waals surface area contributed by atoms with Crippen molar-refractivity contribution in [3.63, 3.8) is 0 Å². The first kappa shape index (κ1) is 19.9. The Kier molecular flexibility index (Phi) is 5.47. The molecule has 1 aromatic heterocycles. The van der Waals surface area contributed by atoms with E-state index in [1.54, 1.807) is 42.5 Å². The lowest BCUT2D eigenvalue weighted by atomic mass is 10.1. The van der Waals surface area contributed by atoms with E-state index >= 15 is 0 Å². The lowest BCUT2D eigenvalue weighted by Crippen LogP contribution is -2.32. The van der Waals surface area contributed by atoms with Crippen LogP contribution >= 0.6 is 15.9 Å². The summed E-state index contributed by atoms with van der Waals surface area (Å²) in [6.07, 6.45) is 0.976. The lowest BCUT2D eigenvalue weighted by molar-refractivity contribution is 0.625. The normalized spacial score (nSPS) is 11.3. The molecule has 0 aliphatic carbocycles. The second kappa shape index (κ2) is 7.67. The molecule has 3 aromatic rings. The van der Waals surface area contributed by atoms with Gasteiger partial charge in [-0.2, -0.15) is 0 Å². The smallest absolute Gasteiger partial charge is 0.269 e. The van der Waals surface area contributed by atoms with Crippen LogP contribution in [-0.4, -0.2) is 21.3 Å². The molecular weight excluding hydrogens is 423 g/mol. The van der Waals surface area contributed by atoms with Gasteiger partial charge in [-0.15, -0.1) is 0 Å². The molecule has 3 rings (SSSR count). The van der Waals surface area contributed by atoms with Gasteiger partial charge in [0.1, 0.15) is 17.2 Å². The molecule has 28 heavy (non-hydrogen) atoms. The summed E-state index contributed by atoms with van der Waals surface area (Å²) >= 11 is 3.38. The minimum Gasteiger partial charge on any atom is -0.365 e. The first-order valence-electron chi connectivity index (χ1n) is 8.68. The minimum atomic E-state index is -0.482. The third-order valence-electron chi connectivity index (χ3n) is 3.96. The highest BCUT2D eigenvalue weighted by molar-refractivity contribution is 9.10. The molecule has 0 aliphatic rings. The van der Waals surface area contributed by atoms with Crippen LogP contribution in [0.1, 0.15) is 26.3 Å². The predicted molar refractivity (Wildman–Crippen MR) is 114 cm³/mol. The highest BCUT2D eigenvalue weighted by Crippen LogP contribution is 2.26. The summed E-state index contributed by atoms with van der Waals surface area (Å²) in [4.78, 5) is 17.9. The van der Waals surface area contributed by atoms with Gasteiger partial charge in [0, 0.05) is 16.2 Å². The van der Waals surface area contributed by atoms with Gasteiger partial charge < -0.3 is 10.7 Å². The van der Waals surface area contributed by atoms with Gasteiger partial charge in [-0.1, -0.05) is 28.1 Å². The summed E-state index contributed by atoms with van der Waals surface area (Å²) in [7, 11) is 0. The van der Waals surface area contributed by atoms with E-state index < -0.39 is 16.9 Å². The zero-order valence-corrected chi connectivity index (χ0v) is 17.3. The molecule has 0 atom stereocenters. The maximum Gasteiger partial charge on any atom is 0.269 e. The molecular formula is C21H20BrFN4O. The van der Waals surface area contributed by atoms with Crippen molar-refractivity contribution in [2.75, 3.05) is 5.32 Å². The molecule has 0 spiro atoms. The van der Waals surface area contributed by atoms with E-state index in [0.717, 1.165) is 10.7 Å². The van der Waals surface area contributed by atoms with Crippen LogP contribution in [0.4, 0.5) is 10.2 Å². The fourth-order valence-corrected chi connectivity index (χ4v) is 3.03. The van der Waals surface area contributed by atoms with Crippen LogP contribution in [0.3, 0.4) is 0 Å². The van der Waals surface area contributed by atoms with E-state index in [2.05, 4.69) is 26.2 Å². The molecule has 7 heteroatoms. The number of anilines is 1. The first-order chi connectivity index (χ1) is 13.2. The Morgan fingerprint density at radius 3 is 2.36 bits per heavy atom. The molecule has 5 nitrogen and oxygen atoms in total. The molecule has 0 amide bonds. The van der Waals surface area contributed by atoms with Crippen LogP contribution in [0.5, 0.6) is 0 Å². The Balaban J connectivity index is 2.40. The van der Waals surface area contributed by atoms with Gasteiger partial charge in [-0.3, -0.25) is 9.36 Å². The van der Waals surface area contributed by atoms with E-state index in [-0.39, 0.29) is 22.8 Å². The summed E-state index contributed by atoms with van der Waals surface area (Å²) in [6.45, 7) is 5.77. The maximum absolute atomic E-state index is 14.6. The van der Waals surface area contributed by atoms with Gasteiger partial charge in [0.2, 0.25) is 0 Å². The molecule has 2 N–H and O–H groups in total. The molecule has 0 unspecified atom stereocenters. The van der Waals surface area contributed by atoms with E-state index in [1.807, 2.05) is 20.8 Å². The van der Waals surface area contributed by atoms with Crippen LogP contribution in [0.25, 0.3) is 17.1 Å². The van der Waals surface area contributed by atoms with E-state index in [1.165, 1.54) is 10.6 Å². The van der Waals surface area contributed by atoms with Gasteiger partial charge in [0.05, 0.1) is 11.3 Å². The third kappa shape index (κ3) is 4.04. The van der Waals surface area contributed by atoms with Crippen molar-refractivity contribution in [1.82, 2.24) is 9.55 Å². The molecule has 144 valence electrons. The molecule has 0 aliphatic heterocycles. The molecule has 0 bridgehead atoms. The Labute approximate surface area is 170 Å². The van der Waals surface area contributed by atoms with Gasteiger partial charge in [-0.05, 0) is 57.2 Å². The van der Waals surface area contributed by atoms with Crippen LogP contribution in [0, 0.1) is 11.2 Å². The van der Waals surface area contributed by atoms with Crippen molar-refractivity contribution in [1.29, 1.82) is 5.41 Å². The number of nitrogens with one attached hydrogen (secondary N) is 2. The summed E-state index contributed by atoms with van der Waals surface area (Å²) in [5.74, 6) is -0.0635. The highest BCUT2D eigenvalue weighted by atomic mass is 79.9. The predicted octanol–water partition coefficient (Wildman–Crippen LogP) is 5.01. The maximum atomic E-state index is 14.6. The van der Waals surface area contributed by atoms with Gasteiger partial charge in [-0.25, -0.2) is 9.37 Å². The Morgan fingerprint density at radius 2 is 1.79 bits per heavy atom. The lowest BCUT2D eigenvalue weighted by Gasteiger charge is -2.24. The molecule has 2 aromatic carbocycles. The van der Waals surface area contributed by atoms with E-state index in [9.17, 15) is 9.18 Å². The van der Waals surface area contributed by atoms with Crippen LogP contribution in [-0.2, 0) is 0 Å². The number of aromatic nitrogens is 2. The zero-order valence-electron chi connectivity index (χ0n) is 15.8. The van der Waals surface area contributed by atoms with Crippen LogP contribution in [0.2, 0.25) is 0 Å². The molecule has 0 saturated carbocycles. The largest absolute Gasteiger partial charge is 0.365 e. The highest BCUT2D eigenvalue weighted by Gasteiger charge is 2.22. The quantitative estimate of drug-likeness (QED) is 0.557. The van der Waals surface area contributed by atoms with Crippen molar-refractivity contribution in [3.8, 4) is 17.1 Å². The number of halogens is 2. The van der Waals surface area contributed by atoms with Gasteiger partial charge in [0.15, 0.2) is 5.82 Å². The van der Waals surface area contributed by atoms with E-state index in [4.69, 9.17) is 5.41 Å². The van der Waals surface area contributed by atoms with Crippen LogP contribution in [0.15, 0.2) is 57.8 Å². The average Bonchev–Trinajstić information content (AvgIpc) is 2.62. The second-order valence-electron chi connectivity index (χ2n) is 7.31. The Morgan fingerprint density at radius 1 is 1.14 bits per heavy atom. The van der Waals surface area contributed by atoms with Gasteiger partial charge >= 0.3 is 0 Å². The third-order valence-corrected chi connectivity index (χ3v) is 4.48. The van der Waals surface area contributed by atoms with Crippen molar-refractivity contribution < 1.29 is 4.39 Å². The average molecular weight is 443 g/mol. The van der Waals surface area contributed by atoms with Gasteiger partial charge in [0.25, 0.3) is 5.56 Å². The van der Waals surface area contributed by atoms with Crippen molar-refractivity contribution >= 4 is 28.0 Å². The molecule has 1 heterocycles.